The van der Waals surface area contributed by atoms with Crippen LogP contribution in [0.1, 0.15) is 26.3 Å². The van der Waals surface area contributed by atoms with E-state index in [-0.39, 0.29) is 12.0 Å². The molecule has 0 spiro atoms. The first kappa shape index (κ1) is 15.8. The molecule has 0 aliphatic rings. The van der Waals surface area contributed by atoms with Crippen molar-refractivity contribution >= 4 is 5.69 Å². The molecular formula is C15H26N2O2. The van der Waals surface area contributed by atoms with Crippen molar-refractivity contribution in [2.75, 3.05) is 32.1 Å². The van der Waals surface area contributed by atoms with Crippen LogP contribution < -0.4 is 15.4 Å². The van der Waals surface area contributed by atoms with Gasteiger partial charge >= 0.3 is 0 Å². The van der Waals surface area contributed by atoms with Crippen LogP contribution in [0.25, 0.3) is 0 Å². The fourth-order valence-electron chi connectivity index (χ4n) is 2.02. The molecule has 1 aromatic carbocycles. The molecule has 1 atom stereocenters. The molecule has 0 aliphatic heterocycles. The Kier molecular flexibility index (Phi) is 5.20. The normalized spacial score (nSPS) is 13.2. The summed E-state index contributed by atoms with van der Waals surface area (Å²) in [5.41, 5.74) is 7.66. The second kappa shape index (κ2) is 6.26. The second-order valence-corrected chi connectivity index (χ2v) is 5.90. The largest absolute Gasteiger partial charge is 0.496 e. The number of benzene rings is 1. The molecular weight excluding hydrogens is 240 g/mol. The summed E-state index contributed by atoms with van der Waals surface area (Å²) in [6, 6.07) is 6.08. The Balaban J connectivity index is 3.04. The summed E-state index contributed by atoms with van der Waals surface area (Å²) in [6.07, 6.45) is -0.509. The highest BCUT2D eigenvalue weighted by Crippen LogP contribution is 2.34. The van der Waals surface area contributed by atoms with E-state index in [1.54, 1.807) is 7.11 Å². The van der Waals surface area contributed by atoms with E-state index in [9.17, 15) is 5.11 Å². The maximum Gasteiger partial charge on any atom is 0.122 e. The summed E-state index contributed by atoms with van der Waals surface area (Å²) < 4.78 is 5.42. The first-order valence-corrected chi connectivity index (χ1v) is 6.57. The Bertz CT molecular complexity index is 413. The highest BCUT2D eigenvalue weighted by molar-refractivity contribution is 5.54. The number of aliphatic hydroxyl groups excluding tert-OH is 1. The van der Waals surface area contributed by atoms with Gasteiger partial charge in [0.15, 0.2) is 0 Å². The molecule has 0 bridgehead atoms. The Morgan fingerprint density at radius 3 is 2.47 bits per heavy atom. The average Bonchev–Trinajstić information content (AvgIpc) is 2.36. The lowest BCUT2D eigenvalue weighted by atomic mass is 9.86. The van der Waals surface area contributed by atoms with Crippen LogP contribution in [0.5, 0.6) is 5.75 Å². The van der Waals surface area contributed by atoms with Crippen molar-refractivity contribution in [1.29, 1.82) is 0 Å². The van der Waals surface area contributed by atoms with Crippen LogP contribution in [0.3, 0.4) is 0 Å². The third-order valence-electron chi connectivity index (χ3n) is 3.19. The second-order valence-electron chi connectivity index (χ2n) is 5.90. The first-order chi connectivity index (χ1) is 8.79. The Morgan fingerprint density at radius 1 is 1.37 bits per heavy atom. The smallest absolute Gasteiger partial charge is 0.122 e. The molecule has 3 N–H and O–H groups in total. The van der Waals surface area contributed by atoms with Gasteiger partial charge in [-0.25, -0.2) is 0 Å². The van der Waals surface area contributed by atoms with Crippen molar-refractivity contribution < 1.29 is 9.84 Å². The van der Waals surface area contributed by atoms with Crippen molar-refractivity contribution in [3.63, 3.8) is 0 Å². The third-order valence-corrected chi connectivity index (χ3v) is 3.19. The third kappa shape index (κ3) is 4.11. The van der Waals surface area contributed by atoms with Crippen molar-refractivity contribution in [3.8, 4) is 5.75 Å². The zero-order chi connectivity index (χ0) is 14.6. The fraction of sp³-hybridized carbons (Fsp3) is 0.600. The molecule has 1 rings (SSSR count). The monoisotopic (exact) mass is 266 g/mol. The maximum atomic E-state index is 9.63. The van der Waals surface area contributed by atoms with Crippen molar-refractivity contribution in [3.05, 3.63) is 23.8 Å². The number of hydrogen-bond donors (Lipinski definition) is 2. The zero-order valence-electron chi connectivity index (χ0n) is 12.6. The van der Waals surface area contributed by atoms with E-state index in [1.807, 2.05) is 24.1 Å². The summed E-state index contributed by atoms with van der Waals surface area (Å²) >= 11 is 0. The van der Waals surface area contributed by atoms with Crippen molar-refractivity contribution in [1.82, 2.24) is 0 Å². The number of anilines is 1. The predicted octanol–water partition coefficient (Wildman–Crippen LogP) is 1.75. The van der Waals surface area contributed by atoms with Crippen LogP contribution in [0, 0.1) is 0 Å². The molecule has 1 unspecified atom stereocenters. The van der Waals surface area contributed by atoms with Gasteiger partial charge in [-0.1, -0.05) is 20.8 Å². The van der Waals surface area contributed by atoms with Gasteiger partial charge in [-0.3, -0.25) is 0 Å². The minimum atomic E-state index is -0.509. The minimum Gasteiger partial charge on any atom is -0.496 e. The molecule has 0 aromatic heterocycles. The topological polar surface area (TPSA) is 58.7 Å². The van der Waals surface area contributed by atoms with Crippen molar-refractivity contribution in [2.45, 2.75) is 32.3 Å². The number of methoxy groups -OCH3 is 1. The van der Waals surface area contributed by atoms with Crippen LogP contribution in [0.2, 0.25) is 0 Å². The number of nitrogens with two attached hydrogens (primary N) is 1. The fourth-order valence-corrected chi connectivity index (χ4v) is 2.02. The highest BCUT2D eigenvalue weighted by atomic mass is 16.5. The van der Waals surface area contributed by atoms with Gasteiger partial charge in [0, 0.05) is 31.4 Å². The molecule has 0 heterocycles. The van der Waals surface area contributed by atoms with Crippen LogP contribution >= 0.6 is 0 Å². The molecule has 108 valence electrons. The lowest BCUT2D eigenvalue weighted by Crippen LogP contribution is -2.34. The molecule has 0 amide bonds. The number of aliphatic hydroxyl groups is 1. The number of likely N-dealkylation sites (N-methyl/N-ethyl adjacent to an activating group) is 1. The summed E-state index contributed by atoms with van der Waals surface area (Å²) in [4.78, 5) is 2.01. The van der Waals surface area contributed by atoms with Gasteiger partial charge < -0.3 is 20.5 Å². The van der Waals surface area contributed by atoms with Gasteiger partial charge in [-0.15, -0.1) is 0 Å². The van der Waals surface area contributed by atoms with Gasteiger partial charge in [0.2, 0.25) is 0 Å². The molecule has 4 heteroatoms. The molecule has 0 radical (unpaired) electrons. The zero-order valence-corrected chi connectivity index (χ0v) is 12.6. The number of hydrogen-bond acceptors (Lipinski definition) is 4. The highest BCUT2D eigenvalue weighted by Gasteiger charge is 2.20. The average molecular weight is 266 g/mol. The summed E-state index contributed by atoms with van der Waals surface area (Å²) in [5.74, 6) is 0.893. The molecule has 0 fully saturated rings. The maximum absolute atomic E-state index is 9.63. The molecule has 0 saturated carbocycles. The minimum absolute atomic E-state index is 0.00861. The molecule has 4 nitrogen and oxygen atoms in total. The predicted molar refractivity (Wildman–Crippen MR) is 80.0 cm³/mol. The van der Waals surface area contributed by atoms with E-state index in [1.165, 1.54) is 0 Å². The van der Waals surface area contributed by atoms with Crippen molar-refractivity contribution in [2.24, 2.45) is 5.73 Å². The van der Waals surface area contributed by atoms with E-state index in [2.05, 4.69) is 26.8 Å². The molecule has 0 aliphatic carbocycles. The van der Waals surface area contributed by atoms with Crippen LogP contribution in [-0.2, 0) is 5.41 Å². The van der Waals surface area contributed by atoms with E-state index in [4.69, 9.17) is 10.5 Å². The number of nitrogens with zero attached hydrogens (tertiary/aromatic N) is 1. The lowest BCUT2D eigenvalue weighted by Gasteiger charge is -2.27. The molecule has 19 heavy (non-hydrogen) atoms. The van der Waals surface area contributed by atoms with Crippen LogP contribution in [-0.4, -0.2) is 38.5 Å². The van der Waals surface area contributed by atoms with E-state index < -0.39 is 6.10 Å². The summed E-state index contributed by atoms with van der Waals surface area (Å²) in [7, 11) is 3.64. The van der Waals surface area contributed by atoms with Gasteiger partial charge in [0.25, 0.3) is 0 Å². The van der Waals surface area contributed by atoms with Crippen LogP contribution in [0.4, 0.5) is 5.69 Å². The standard InChI is InChI=1S/C15H26N2O2/c1-15(2,3)13-8-11(6-7-14(13)19-5)17(4)10-12(18)9-16/h6-8,12,18H,9-10,16H2,1-5H3. The Morgan fingerprint density at radius 2 is 2.00 bits per heavy atom. The van der Waals surface area contributed by atoms with Gasteiger partial charge in [-0.2, -0.15) is 0 Å². The number of rotatable bonds is 5. The molecule has 0 saturated heterocycles. The summed E-state index contributed by atoms with van der Waals surface area (Å²) in [6.45, 7) is 7.26. The van der Waals surface area contributed by atoms with Gasteiger partial charge in [-0.05, 0) is 23.6 Å². The lowest BCUT2D eigenvalue weighted by molar-refractivity contribution is 0.189. The Labute approximate surface area is 116 Å². The number of ether oxygens (including phenoxy) is 1. The van der Waals surface area contributed by atoms with E-state index in [0.29, 0.717) is 6.54 Å². The van der Waals surface area contributed by atoms with E-state index in [0.717, 1.165) is 17.0 Å². The quantitative estimate of drug-likeness (QED) is 0.852. The van der Waals surface area contributed by atoms with E-state index >= 15 is 0 Å². The van der Waals surface area contributed by atoms with Gasteiger partial charge in [0.1, 0.15) is 5.75 Å². The first-order valence-electron chi connectivity index (χ1n) is 6.57. The van der Waals surface area contributed by atoms with Crippen LogP contribution in [0.15, 0.2) is 18.2 Å². The van der Waals surface area contributed by atoms with Gasteiger partial charge in [0.05, 0.1) is 13.2 Å². The molecule has 1 aromatic rings. The Hall–Kier alpha value is -1.26. The SMILES string of the molecule is COc1ccc(N(C)CC(O)CN)cc1C(C)(C)C. The summed E-state index contributed by atoms with van der Waals surface area (Å²) in [5, 5.41) is 9.63.